The number of rotatable bonds is 4. The van der Waals surface area contributed by atoms with Gasteiger partial charge in [-0.2, -0.15) is 5.26 Å². The predicted molar refractivity (Wildman–Crippen MR) is 67.3 cm³/mol. The Kier molecular flexibility index (Phi) is 4.24. The summed E-state index contributed by atoms with van der Waals surface area (Å²) in [5.41, 5.74) is -0.469. The number of carbonyl (C=O) groups is 1. The van der Waals surface area contributed by atoms with Crippen molar-refractivity contribution < 1.29 is 22.7 Å². The standard InChI is InChI=1S/C15H8F3NO2/c16-10-2-4-12(14(18)5-10)15(20)8-21-11-3-1-9(7-19)13(17)6-11/h1-6H,8H2. The highest BCUT2D eigenvalue weighted by atomic mass is 19.1. The SMILES string of the molecule is N#Cc1ccc(OCC(=O)c2ccc(F)cc2F)cc1F. The number of ether oxygens (including phenoxy) is 1. The van der Waals surface area contributed by atoms with E-state index in [4.69, 9.17) is 10.00 Å². The molecule has 0 radical (unpaired) electrons. The molecule has 0 bridgehead atoms. The summed E-state index contributed by atoms with van der Waals surface area (Å²) in [4.78, 5) is 11.7. The van der Waals surface area contributed by atoms with Gasteiger partial charge in [-0.15, -0.1) is 0 Å². The van der Waals surface area contributed by atoms with Gasteiger partial charge in [-0.05, 0) is 24.3 Å². The number of hydrogen-bond donors (Lipinski definition) is 0. The first kappa shape index (κ1) is 14.6. The fraction of sp³-hybridized carbons (Fsp3) is 0.0667. The second kappa shape index (κ2) is 6.09. The van der Waals surface area contributed by atoms with Gasteiger partial charge in [0.05, 0.1) is 11.1 Å². The van der Waals surface area contributed by atoms with Gasteiger partial charge in [-0.1, -0.05) is 0 Å². The smallest absolute Gasteiger partial charge is 0.203 e. The molecule has 0 unspecified atom stereocenters. The maximum atomic E-state index is 13.4. The Morgan fingerprint density at radius 1 is 1.10 bits per heavy atom. The lowest BCUT2D eigenvalue weighted by Gasteiger charge is -2.07. The predicted octanol–water partition coefficient (Wildman–Crippen LogP) is 3.24. The van der Waals surface area contributed by atoms with Crippen LogP contribution in [0.15, 0.2) is 36.4 Å². The van der Waals surface area contributed by atoms with Crippen LogP contribution in [0.2, 0.25) is 0 Å². The van der Waals surface area contributed by atoms with Crippen LogP contribution in [-0.4, -0.2) is 12.4 Å². The van der Waals surface area contributed by atoms with Gasteiger partial charge >= 0.3 is 0 Å². The minimum Gasteiger partial charge on any atom is -0.485 e. The van der Waals surface area contributed by atoms with Gasteiger partial charge in [0, 0.05) is 12.1 Å². The van der Waals surface area contributed by atoms with Gasteiger partial charge in [0.1, 0.15) is 29.3 Å². The Morgan fingerprint density at radius 2 is 1.86 bits per heavy atom. The minimum atomic E-state index is -0.991. The first-order valence-electron chi connectivity index (χ1n) is 5.82. The lowest BCUT2D eigenvalue weighted by molar-refractivity contribution is 0.0917. The van der Waals surface area contributed by atoms with Gasteiger partial charge in [0.25, 0.3) is 0 Å². The molecule has 0 heterocycles. The third-order valence-corrected chi connectivity index (χ3v) is 2.66. The molecule has 0 N–H and O–H groups in total. The zero-order valence-corrected chi connectivity index (χ0v) is 10.6. The Bertz CT molecular complexity index is 738. The average molecular weight is 291 g/mol. The highest BCUT2D eigenvalue weighted by Crippen LogP contribution is 2.17. The van der Waals surface area contributed by atoms with E-state index in [1.165, 1.54) is 12.1 Å². The normalized spacial score (nSPS) is 10.0. The van der Waals surface area contributed by atoms with Gasteiger partial charge < -0.3 is 4.74 Å². The van der Waals surface area contributed by atoms with E-state index in [0.29, 0.717) is 6.07 Å². The second-order valence-corrected chi connectivity index (χ2v) is 4.09. The van der Waals surface area contributed by atoms with Crippen molar-refractivity contribution >= 4 is 5.78 Å². The van der Waals surface area contributed by atoms with Crippen LogP contribution < -0.4 is 4.74 Å². The summed E-state index contributed by atoms with van der Waals surface area (Å²) in [5, 5.41) is 8.57. The molecule has 21 heavy (non-hydrogen) atoms. The summed E-state index contributed by atoms with van der Waals surface area (Å²) in [5.74, 6) is -3.25. The molecule has 0 spiro atoms. The molecule has 2 aromatic rings. The first-order valence-corrected chi connectivity index (χ1v) is 5.82. The molecule has 3 nitrogen and oxygen atoms in total. The average Bonchev–Trinajstić information content (AvgIpc) is 2.45. The van der Waals surface area contributed by atoms with Crippen molar-refractivity contribution in [2.45, 2.75) is 0 Å². The second-order valence-electron chi connectivity index (χ2n) is 4.09. The molecule has 0 atom stereocenters. The van der Waals surface area contributed by atoms with E-state index in [0.717, 1.165) is 18.2 Å². The van der Waals surface area contributed by atoms with Gasteiger partial charge in [-0.3, -0.25) is 4.79 Å². The fourth-order valence-electron chi connectivity index (χ4n) is 1.62. The summed E-state index contributed by atoms with van der Waals surface area (Å²) >= 11 is 0. The van der Waals surface area contributed by atoms with Crippen LogP contribution in [0.25, 0.3) is 0 Å². The van der Waals surface area contributed by atoms with E-state index in [2.05, 4.69) is 0 Å². The maximum Gasteiger partial charge on any atom is 0.203 e. The van der Waals surface area contributed by atoms with Crippen LogP contribution in [0.1, 0.15) is 15.9 Å². The van der Waals surface area contributed by atoms with Crippen LogP contribution in [-0.2, 0) is 0 Å². The topological polar surface area (TPSA) is 50.1 Å². The molecule has 0 aromatic heterocycles. The van der Waals surface area contributed by atoms with E-state index in [1.54, 1.807) is 6.07 Å². The summed E-state index contributed by atoms with van der Waals surface area (Å²) in [6, 6.07) is 7.67. The molecule has 0 saturated heterocycles. The van der Waals surface area contributed by atoms with E-state index >= 15 is 0 Å². The van der Waals surface area contributed by atoms with Gasteiger partial charge in [0.2, 0.25) is 5.78 Å². The monoisotopic (exact) mass is 291 g/mol. The number of Topliss-reactive ketones (excluding diaryl/α,β-unsaturated/α-hetero) is 1. The van der Waals surface area contributed by atoms with Crippen molar-refractivity contribution in [1.29, 1.82) is 5.26 Å². The van der Waals surface area contributed by atoms with Crippen LogP contribution >= 0.6 is 0 Å². The van der Waals surface area contributed by atoms with Crippen molar-refractivity contribution in [3.8, 4) is 11.8 Å². The summed E-state index contributed by atoms with van der Waals surface area (Å²) in [6.07, 6.45) is 0. The molecule has 0 aliphatic rings. The number of hydrogen-bond acceptors (Lipinski definition) is 3. The highest BCUT2D eigenvalue weighted by molar-refractivity contribution is 5.97. The molecule has 0 saturated carbocycles. The zero-order valence-electron chi connectivity index (χ0n) is 10.6. The largest absolute Gasteiger partial charge is 0.485 e. The Morgan fingerprint density at radius 3 is 2.48 bits per heavy atom. The molecular formula is C15H8F3NO2. The molecule has 6 heteroatoms. The highest BCUT2D eigenvalue weighted by Gasteiger charge is 2.13. The Labute approximate surface area is 118 Å². The molecule has 0 aliphatic carbocycles. The number of benzene rings is 2. The quantitative estimate of drug-likeness (QED) is 0.813. The third-order valence-electron chi connectivity index (χ3n) is 2.66. The number of carbonyl (C=O) groups excluding carboxylic acids is 1. The molecule has 106 valence electrons. The van der Waals surface area contributed by atoms with Crippen molar-refractivity contribution in [2.24, 2.45) is 0 Å². The van der Waals surface area contributed by atoms with Crippen LogP contribution in [0.5, 0.6) is 5.75 Å². The van der Waals surface area contributed by atoms with E-state index < -0.39 is 29.8 Å². The van der Waals surface area contributed by atoms with Gasteiger partial charge in [0.15, 0.2) is 6.61 Å². The van der Waals surface area contributed by atoms with Crippen molar-refractivity contribution in [3.63, 3.8) is 0 Å². The van der Waals surface area contributed by atoms with E-state index in [-0.39, 0.29) is 16.9 Å². The van der Waals surface area contributed by atoms with Crippen LogP contribution in [0.3, 0.4) is 0 Å². The lowest BCUT2D eigenvalue weighted by atomic mass is 10.1. The molecule has 2 aromatic carbocycles. The summed E-state index contributed by atoms with van der Waals surface area (Å²) in [6.45, 7) is -0.534. The van der Waals surface area contributed by atoms with Gasteiger partial charge in [-0.25, -0.2) is 13.2 Å². The number of halogens is 3. The molecule has 0 fully saturated rings. The summed E-state index contributed by atoms with van der Waals surface area (Å²) < 4.78 is 44.4. The zero-order chi connectivity index (χ0) is 15.4. The first-order chi connectivity index (χ1) is 10.0. The Hall–Kier alpha value is -2.81. The van der Waals surface area contributed by atoms with Crippen molar-refractivity contribution in [3.05, 3.63) is 65.0 Å². The molecular weight excluding hydrogens is 283 g/mol. The number of nitrogens with zero attached hydrogens (tertiary/aromatic N) is 1. The molecule has 0 amide bonds. The van der Waals surface area contributed by atoms with Crippen molar-refractivity contribution in [1.82, 2.24) is 0 Å². The van der Waals surface area contributed by atoms with Crippen molar-refractivity contribution in [2.75, 3.05) is 6.61 Å². The maximum absolute atomic E-state index is 13.4. The van der Waals surface area contributed by atoms with E-state index in [9.17, 15) is 18.0 Å². The molecule has 2 rings (SSSR count). The summed E-state index contributed by atoms with van der Waals surface area (Å²) in [7, 11) is 0. The lowest BCUT2D eigenvalue weighted by Crippen LogP contribution is -2.13. The van der Waals surface area contributed by atoms with E-state index in [1.807, 2.05) is 0 Å². The van der Waals surface area contributed by atoms with Crippen LogP contribution in [0.4, 0.5) is 13.2 Å². The molecule has 0 aliphatic heterocycles. The number of ketones is 1. The minimum absolute atomic E-state index is 0.0300. The Balaban J connectivity index is 2.07. The van der Waals surface area contributed by atoms with Crippen LogP contribution in [0, 0.1) is 28.8 Å². The number of nitriles is 1. The third kappa shape index (κ3) is 3.39. The fourth-order valence-corrected chi connectivity index (χ4v) is 1.62.